The minimum atomic E-state index is -4.67. The molecule has 2 nitrogen and oxygen atoms in total. The Morgan fingerprint density at radius 1 is 1.29 bits per heavy atom. The second-order valence-corrected chi connectivity index (χ2v) is 3.62. The van der Waals surface area contributed by atoms with Gasteiger partial charge >= 0.3 is 6.18 Å². The van der Waals surface area contributed by atoms with Crippen molar-refractivity contribution in [2.45, 2.75) is 13.1 Å². The van der Waals surface area contributed by atoms with Crippen molar-refractivity contribution in [3.05, 3.63) is 35.3 Å². The van der Waals surface area contributed by atoms with Crippen molar-refractivity contribution in [2.24, 2.45) is 0 Å². The van der Waals surface area contributed by atoms with E-state index >= 15 is 0 Å². The van der Waals surface area contributed by atoms with Gasteiger partial charge in [-0.25, -0.2) is 4.39 Å². The first-order valence-corrected chi connectivity index (χ1v) is 4.70. The molecule has 0 radical (unpaired) electrons. The van der Waals surface area contributed by atoms with Gasteiger partial charge < -0.3 is 4.98 Å². The second kappa shape index (κ2) is 3.58. The van der Waals surface area contributed by atoms with E-state index in [0.717, 1.165) is 25.1 Å². The van der Waals surface area contributed by atoms with E-state index in [9.17, 15) is 22.4 Å². The number of aromatic amines is 1. The Labute approximate surface area is 93.2 Å². The van der Waals surface area contributed by atoms with Crippen LogP contribution in [0.2, 0.25) is 0 Å². The van der Waals surface area contributed by atoms with Crippen LogP contribution in [0, 0.1) is 5.82 Å². The zero-order valence-corrected chi connectivity index (χ0v) is 8.65. The second-order valence-electron chi connectivity index (χ2n) is 3.62. The molecule has 2 rings (SSSR count). The molecule has 0 saturated carbocycles. The molecule has 0 unspecified atom stereocenters. The molecule has 0 amide bonds. The maximum atomic E-state index is 12.9. The van der Waals surface area contributed by atoms with Crippen LogP contribution in [-0.2, 0) is 6.18 Å². The van der Waals surface area contributed by atoms with Crippen LogP contribution in [0.1, 0.15) is 23.0 Å². The Morgan fingerprint density at radius 3 is 2.47 bits per heavy atom. The zero-order valence-electron chi connectivity index (χ0n) is 8.65. The maximum Gasteiger partial charge on any atom is 0.431 e. The molecule has 0 aliphatic heterocycles. The van der Waals surface area contributed by atoms with Crippen LogP contribution in [0.15, 0.2) is 18.2 Å². The number of nitrogens with one attached hydrogen (secondary N) is 1. The molecule has 0 spiro atoms. The highest BCUT2D eigenvalue weighted by Gasteiger charge is 2.37. The molecule has 1 aromatic heterocycles. The van der Waals surface area contributed by atoms with Crippen molar-refractivity contribution in [3.8, 4) is 0 Å². The van der Waals surface area contributed by atoms with Gasteiger partial charge in [-0.2, -0.15) is 13.2 Å². The molecule has 0 aliphatic carbocycles. The van der Waals surface area contributed by atoms with Crippen LogP contribution in [-0.4, -0.2) is 10.8 Å². The third kappa shape index (κ3) is 1.90. The van der Waals surface area contributed by atoms with Gasteiger partial charge in [0.2, 0.25) is 0 Å². The summed E-state index contributed by atoms with van der Waals surface area (Å²) in [7, 11) is 0. The summed E-state index contributed by atoms with van der Waals surface area (Å²) >= 11 is 0. The fraction of sp³-hybridized carbons (Fsp3) is 0.182. The smallest absolute Gasteiger partial charge is 0.350 e. The first-order chi connectivity index (χ1) is 7.80. The summed E-state index contributed by atoms with van der Waals surface area (Å²) in [5.41, 5.74) is -1.62. The molecule has 2 aromatic rings. The Kier molecular flexibility index (Phi) is 2.45. The molecule has 1 aromatic carbocycles. The van der Waals surface area contributed by atoms with Crippen molar-refractivity contribution in [1.29, 1.82) is 0 Å². The van der Waals surface area contributed by atoms with E-state index in [1.165, 1.54) is 0 Å². The van der Waals surface area contributed by atoms with Crippen molar-refractivity contribution in [1.82, 2.24) is 4.98 Å². The normalized spacial score (nSPS) is 12.1. The minimum absolute atomic E-state index is 0.0393. The predicted octanol–water partition coefficient (Wildman–Crippen LogP) is 3.53. The van der Waals surface area contributed by atoms with Gasteiger partial charge in [0.15, 0.2) is 5.78 Å². The van der Waals surface area contributed by atoms with Crippen LogP contribution < -0.4 is 0 Å². The summed E-state index contributed by atoms with van der Waals surface area (Å²) in [6, 6.07) is 3.10. The first kappa shape index (κ1) is 11.6. The quantitative estimate of drug-likeness (QED) is 0.605. The van der Waals surface area contributed by atoms with E-state index in [2.05, 4.69) is 0 Å². The van der Waals surface area contributed by atoms with Gasteiger partial charge in [0.1, 0.15) is 11.5 Å². The number of carbonyl (C=O) groups is 1. The van der Waals surface area contributed by atoms with E-state index in [0.29, 0.717) is 0 Å². The number of Topliss-reactive ketones (excluding diaryl/α,β-unsaturated/α-hetero) is 1. The van der Waals surface area contributed by atoms with Crippen LogP contribution >= 0.6 is 0 Å². The monoisotopic (exact) mass is 245 g/mol. The molecule has 1 heterocycles. The molecule has 6 heteroatoms. The number of ketones is 1. The molecule has 0 bridgehead atoms. The van der Waals surface area contributed by atoms with Crippen molar-refractivity contribution >= 4 is 16.7 Å². The Bertz CT molecular complexity index is 597. The standard InChI is InChI=1S/C11H7F4NO/c1-5(17)9-7-3-2-6(12)4-8(7)16-10(9)11(13,14)15/h2-4,16H,1H3. The van der Waals surface area contributed by atoms with E-state index < -0.39 is 29.0 Å². The number of fused-ring (bicyclic) bond motifs is 1. The van der Waals surface area contributed by atoms with Gasteiger partial charge in [-0.05, 0) is 25.1 Å². The fourth-order valence-corrected chi connectivity index (χ4v) is 1.75. The molecule has 0 atom stereocenters. The summed E-state index contributed by atoms with van der Waals surface area (Å²) in [6.45, 7) is 1.04. The molecule has 0 saturated heterocycles. The highest BCUT2D eigenvalue weighted by atomic mass is 19.4. The highest BCUT2D eigenvalue weighted by molar-refractivity contribution is 6.08. The average molecular weight is 245 g/mol. The largest absolute Gasteiger partial charge is 0.431 e. The zero-order chi connectivity index (χ0) is 12.8. The van der Waals surface area contributed by atoms with Gasteiger partial charge in [0, 0.05) is 10.9 Å². The Balaban J connectivity index is 2.84. The number of benzene rings is 1. The van der Waals surface area contributed by atoms with E-state index in [1.807, 2.05) is 4.98 Å². The highest BCUT2D eigenvalue weighted by Crippen LogP contribution is 2.35. The lowest BCUT2D eigenvalue weighted by atomic mass is 10.1. The third-order valence-electron chi connectivity index (χ3n) is 2.40. The topological polar surface area (TPSA) is 32.9 Å². The van der Waals surface area contributed by atoms with Crippen molar-refractivity contribution in [2.75, 3.05) is 0 Å². The number of aromatic nitrogens is 1. The van der Waals surface area contributed by atoms with E-state index in [1.54, 1.807) is 0 Å². The van der Waals surface area contributed by atoms with Crippen LogP contribution in [0.5, 0.6) is 0 Å². The predicted molar refractivity (Wildman–Crippen MR) is 53.3 cm³/mol. The van der Waals surface area contributed by atoms with Gasteiger partial charge in [-0.3, -0.25) is 4.79 Å². The molecule has 0 aliphatic rings. The van der Waals surface area contributed by atoms with Gasteiger partial charge in [-0.1, -0.05) is 0 Å². The van der Waals surface area contributed by atoms with Crippen molar-refractivity contribution < 1.29 is 22.4 Å². The third-order valence-corrected chi connectivity index (χ3v) is 2.40. The van der Waals surface area contributed by atoms with Gasteiger partial charge in [-0.15, -0.1) is 0 Å². The molecular weight excluding hydrogens is 238 g/mol. The lowest BCUT2D eigenvalue weighted by Crippen LogP contribution is -2.10. The summed E-state index contributed by atoms with van der Waals surface area (Å²) in [6.07, 6.45) is -4.67. The Morgan fingerprint density at radius 2 is 1.94 bits per heavy atom. The number of carbonyl (C=O) groups excluding carboxylic acids is 1. The molecule has 1 N–H and O–H groups in total. The van der Waals surface area contributed by atoms with Gasteiger partial charge in [0.25, 0.3) is 0 Å². The summed E-state index contributed by atoms with van der Waals surface area (Å²) in [5.74, 6) is -1.38. The fourth-order valence-electron chi connectivity index (χ4n) is 1.75. The maximum absolute atomic E-state index is 12.9. The average Bonchev–Trinajstić information content (AvgIpc) is 2.55. The number of alkyl halides is 3. The van der Waals surface area contributed by atoms with Gasteiger partial charge in [0.05, 0.1) is 5.56 Å². The molecule has 90 valence electrons. The Hall–Kier alpha value is -1.85. The summed E-state index contributed by atoms with van der Waals surface area (Å²) in [5, 5.41) is 0.0752. The van der Waals surface area contributed by atoms with E-state index in [4.69, 9.17) is 0 Å². The summed E-state index contributed by atoms with van der Waals surface area (Å²) in [4.78, 5) is 13.3. The lowest BCUT2D eigenvalue weighted by molar-refractivity contribution is -0.140. The molecular formula is C11H7F4NO. The number of rotatable bonds is 1. The number of hydrogen-bond acceptors (Lipinski definition) is 1. The van der Waals surface area contributed by atoms with Crippen LogP contribution in [0.3, 0.4) is 0 Å². The number of H-pyrrole nitrogens is 1. The minimum Gasteiger partial charge on any atom is -0.350 e. The first-order valence-electron chi connectivity index (χ1n) is 4.70. The van der Waals surface area contributed by atoms with Crippen molar-refractivity contribution in [3.63, 3.8) is 0 Å². The van der Waals surface area contributed by atoms with E-state index in [-0.39, 0.29) is 10.9 Å². The summed E-state index contributed by atoms with van der Waals surface area (Å²) < 4.78 is 50.9. The number of halogens is 4. The SMILES string of the molecule is CC(=O)c1c(C(F)(F)F)[nH]c2cc(F)ccc12. The molecule has 0 fully saturated rings. The lowest BCUT2D eigenvalue weighted by Gasteiger charge is -2.05. The number of hydrogen-bond donors (Lipinski definition) is 1. The van der Waals surface area contributed by atoms with Crippen LogP contribution in [0.25, 0.3) is 10.9 Å². The van der Waals surface area contributed by atoms with Crippen LogP contribution in [0.4, 0.5) is 17.6 Å². The molecule has 17 heavy (non-hydrogen) atoms.